The molecule has 0 bridgehead atoms. The number of aliphatic carboxylic acids is 2. The Labute approximate surface area is 102 Å². The van der Waals surface area contributed by atoms with Gasteiger partial charge in [-0.3, -0.25) is 9.59 Å². The number of rotatable bonds is 11. The van der Waals surface area contributed by atoms with Gasteiger partial charge in [-0.2, -0.15) is 0 Å². The van der Waals surface area contributed by atoms with Crippen LogP contribution >= 0.6 is 0 Å². The van der Waals surface area contributed by atoms with Gasteiger partial charge in [-0.25, -0.2) is 0 Å². The van der Waals surface area contributed by atoms with Gasteiger partial charge in [0.25, 0.3) is 0 Å². The Kier molecular flexibility index (Phi) is 10.3. The molecule has 0 fully saturated rings. The fourth-order valence-electron chi connectivity index (χ4n) is 1.51. The Bertz CT molecular complexity index is 246. The van der Waals surface area contributed by atoms with Gasteiger partial charge in [-0.15, -0.1) is 0 Å². The SMILES string of the molecule is O=C(O)CC/C=C\CCCCCCCC(=O)O. The molecule has 0 aromatic heterocycles. The lowest BCUT2D eigenvalue weighted by atomic mass is 10.1. The number of carboxylic acid groups (broad SMARTS) is 2. The van der Waals surface area contributed by atoms with E-state index in [9.17, 15) is 9.59 Å². The molecule has 0 spiro atoms. The second-order valence-electron chi connectivity index (χ2n) is 4.10. The molecule has 0 aromatic rings. The zero-order valence-electron chi connectivity index (χ0n) is 10.2. The minimum absolute atomic E-state index is 0.200. The minimum atomic E-state index is -0.756. The highest BCUT2D eigenvalue weighted by Gasteiger charge is 1.96. The first-order valence-electron chi connectivity index (χ1n) is 6.21. The molecule has 0 rings (SSSR count). The molecule has 17 heavy (non-hydrogen) atoms. The normalized spacial score (nSPS) is 10.8. The van der Waals surface area contributed by atoms with Crippen molar-refractivity contribution in [2.24, 2.45) is 0 Å². The van der Waals surface area contributed by atoms with Crippen LogP contribution in [0.1, 0.15) is 57.8 Å². The van der Waals surface area contributed by atoms with Crippen LogP contribution in [-0.4, -0.2) is 22.2 Å². The van der Waals surface area contributed by atoms with Crippen molar-refractivity contribution in [2.75, 3.05) is 0 Å². The highest BCUT2D eigenvalue weighted by Crippen LogP contribution is 2.07. The van der Waals surface area contributed by atoms with E-state index in [0.717, 1.165) is 38.5 Å². The van der Waals surface area contributed by atoms with Gasteiger partial charge < -0.3 is 10.2 Å². The smallest absolute Gasteiger partial charge is 0.303 e. The molecule has 0 aliphatic carbocycles. The van der Waals surface area contributed by atoms with Crippen LogP contribution in [0.2, 0.25) is 0 Å². The van der Waals surface area contributed by atoms with E-state index in [1.165, 1.54) is 0 Å². The monoisotopic (exact) mass is 242 g/mol. The van der Waals surface area contributed by atoms with E-state index in [1.807, 2.05) is 12.2 Å². The summed E-state index contributed by atoms with van der Waals surface area (Å²) in [7, 11) is 0. The van der Waals surface area contributed by atoms with Crippen molar-refractivity contribution in [3.8, 4) is 0 Å². The van der Waals surface area contributed by atoms with Crippen molar-refractivity contribution in [2.45, 2.75) is 57.8 Å². The van der Waals surface area contributed by atoms with Gasteiger partial charge in [0.05, 0.1) is 0 Å². The van der Waals surface area contributed by atoms with Crippen LogP contribution in [0.15, 0.2) is 12.2 Å². The van der Waals surface area contributed by atoms with Gasteiger partial charge in [-0.05, 0) is 25.7 Å². The summed E-state index contributed by atoms with van der Waals surface area (Å²) < 4.78 is 0. The van der Waals surface area contributed by atoms with Crippen molar-refractivity contribution in [3.63, 3.8) is 0 Å². The van der Waals surface area contributed by atoms with Crippen LogP contribution in [-0.2, 0) is 9.59 Å². The highest BCUT2D eigenvalue weighted by atomic mass is 16.4. The van der Waals surface area contributed by atoms with E-state index < -0.39 is 11.9 Å². The maximum atomic E-state index is 10.2. The molecule has 0 aliphatic rings. The maximum Gasteiger partial charge on any atom is 0.303 e. The van der Waals surface area contributed by atoms with E-state index in [4.69, 9.17) is 10.2 Å². The quantitative estimate of drug-likeness (QED) is 0.431. The lowest BCUT2D eigenvalue weighted by Gasteiger charge is -1.98. The van der Waals surface area contributed by atoms with E-state index in [0.29, 0.717) is 6.42 Å². The summed E-state index contributed by atoms with van der Waals surface area (Å²) in [6, 6.07) is 0. The van der Waals surface area contributed by atoms with E-state index in [2.05, 4.69) is 0 Å². The molecule has 0 heterocycles. The molecule has 4 heteroatoms. The fraction of sp³-hybridized carbons (Fsp3) is 0.692. The molecular formula is C13H22O4. The van der Waals surface area contributed by atoms with Crippen molar-refractivity contribution in [1.29, 1.82) is 0 Å². The van der Waals surface area contributed by atoms with Crippen molar-refractivity contribution in [1.82, 2.24) is 0 Å². The first kappa shape index (κ1) is 15.7. The third-order valence-electron chi connectivity index (χ3n) is 2.45. The standard InChI is InChI=1S/C13H22O4/c14-12(15)10-8-6-4-2-1-3-5-7-9-11-13(16)17/h4,6H,1-3,5,7-11H2,(H,14,15)(H,16,17)/b6-4-. The Morgan fingerprint density at radius 3 is 1.88 bits per heavy atom. The van der Waals surface area contributed by atoms with Gasteiger partial charge in [0.15, 0.2) is 0 Å². The molecule has 2 N–H and O–H groups in total. The van der Waals surface area contributed by atoms with Gasteiger partial charge in [0.1, 0.15) is 0 Å². The number of hydrogen-bond acceptors (Lipinski definition) is 2. The number of allylic oxidation sites excluding steroid dienone is 2. The molecule has 0 radical (unpaired) electrons. The van der Waals surface area contributed by atoms with Crippen LogP contribution < -0.4 is 0 Å². The largest absolute Gasteiger partial charge is 0.481 e. The predicted molar refractivity (Wildman–Crippen MR) is 66.0 cm³/mol. The second kappa shape index (κ2) is 11.2. The van der Waals surface area contributed by atoms with Crippen molar-refractivity contribution in [3.05, 3.63) is 12.2 Å². The molecule has 0 aromatic carbocycles. The molecule has 0 aliphatic heterocycles. The average molecular weight is 242 g/mol. The van der Waals surface area contributed by atoms with E-state index in [1.54, 1.807) is 0 Å². The summed E-state index contributed by atoms with van der Waals surface area (Å²) in [6.45, 7) is 0. The van der Waals surface area contributed by atoms with Crippen molar-refractivity contribution < 1.29 is 19.8 Å². The summed E-state index contributed by atoms with van der Waals surface area (Å²) >= 11 is 0. The number of unbranched alkanes of at least 4 members (excludes halogenated alkanes) is 5. The van der Waals surface area contributed by atoms with Crippen LogP contribution in [0, 0.1) is 0 Å². The summed E-state index contributed by atoms with van der Waals surface area (Å²) in [4.78, 5) is 20.4. The zero-order chi connectivity index (χ0) is 12.9. The van der Waals surface area contributed by atoms with Crippen LogP contribution in [0.5, 0.6) is 0 Å². The number of hydrogen-bond donors (Lipinski definition) is 2. The molecule has 0 amide bonds. The van der Waals surface area contributed by atoms with Gasteiger partial charge in [0, 0.05) is 12.8 Å². The zero-order valence-corrected chi connectivity index (χ0v) is 10.2. The Balaban J connectivity index is 3.12. The lowest BCUT2D eigenvalue weighted by Crippen LogP contribution is -1.93. The minimum Gasteiger partial charge on any atom is -0.481 e. The first-order valence-corrected chi connectivity index (χ1v) is 6.21. The van der Waals surface area contributed by atoms with Crippen LogP contribution in [0.4, 0.5) is 0 Å². The molecule has 0 unspecified atom stereocenters. The number of carboxylic acids is 2. The molecule has 0 atom stereocenters. The second-order valence-corrected chi connectivity index (χ2v) is 4.10. The van der Waals surface area contributed by atoms with Crippen molar-refractivity contribution >= 4 is 11.9 Å². The third-order valence-corrected chi connectivity index (χ3v) is 2.45. The predicted octanol–water partition coefficient (Wildman–Crippen LogP) is 3.22. The Morgan fingerprint density at radius 1 is 0.706 bits per heavy atom. The first-order chi connectivity index (χ1) is 8.13. The molecule has 98 valence electrons. The lowest BCUT2D eigenvalue weighted by molar-refractivity contribution is -0.138. The number of carbonyl (C=O) groups is 2. The van der Waals surface area contributed by atoms with Crippen LogP contribution in [0.3, 0.4) is 0 Å². The Hall–Kier alpha value is -1.32. The van der Waals surface area contributed by atoms with Crippen LogP contribution in [0.25, 0.3) is 0 Å². The summed E-state index contributed by atoms with van der Waals surface area (Å²) in [5.41, 5.74) is 0. The van der Waals surface area contributed by atoms with Gasteiger partial charge in [0.2, 0.25) is 0 Å². The summed E-state index contributed by atoms with van der Waals surface area (Å²) in [5.74, 6) is -1.47. The Morgan fingerprint density at radius 2 is 1.24 bits per heavy atom. The summed E-state index contributed by atoms with van der Waals surface area (Å²) in [5, 5.41) is 16.8. The van der Waals surface area contributed by atoms with E-state index >= 15 is 0 Å². The maximum absolute atomic E-state index is 10.2. The average Bonchev–Trinajstić information content (AvgIpc) is 2.25. The van der Waals surface area contributed by atoms with E-state index in [-0.39, 0.29) is 12.8 Å². The van der Waals surface area contributed by atoms with Gasteiger partial charge in [-0.1, -0.05) is 31.4 Å². The molecule has 0 saturated carbocycles. The summed E-state index contributed by atoms with van der Waals surface area (Å²) in [6.07, 6.45) is 11.0. The topological polar surface area (TPSA) is 74.6 Å². The third kappa shape index (κ3) is 14.7. The molecular weight excluding hydrogens is 220 g/mol. The highest BCUT2D eigenvalue weighted by molar-refractivity contribution is 5.66. The fourth-order valence-corrected chi connectivity index (χ4v) is 1.51. The molecule has 0 saturated heterocycles. The molecule has 4 nitrogen and oxygen atoms in total. The van der Waals surface area contributed by atoms with Gasteiger partial charge >= 0.3 is 11.9 Å².